The van der Waals surface area contributed by atoms with Crippen LogP contribution >= 0.6 is 0 Å². The van der Waals surface area contributed by atoms with Gasteiger partial charge in [-0.1, -0.05) is 6.92 Å². The lowest BCUT2D eigenvalue weighted by atomic mass is 10.0. The largest absolute Gasteiger partial charge is 0.310 e. The molecule has 0 amide bonds. The summed E-state index contributed by atoms with van der Waals surface area (Å²) >= 11 is 0. The molecule has 0 fully saturated rings. The Hall–Kier alpha value is -1.62. The first-order valence-electron chi connectivity index (χ1n) is 6.31. The summed E-state index contributed by atoms with van der Waals surface area (Å²) in [6, 6.07) is 0.299. The summed E-state index contributed by atoms with van der Waals surface area (Å²) in [6.07, 6.45) is 6.89. The van der Waals surface area contributed by atoms with Crippen molar-refractivity contribution in [2.75, 3.05) is 6.54 Å². The molecule has 5 nitrogen and oxygen atoms in total. The molecule has 0 aliphatic carbocycles. The summed E-state index contributed by atoms with van der Waals surface area (Å²) in [5, 5.41) is 12.1. The molecule has 2 rings (SSSR count). The minimum absolute atomic E-state index is 0.299. The minimum atomic E-state index is 0.299. The summed E-state index contributed by atoms with van der Waals surface area (Å²) in [5.74, 6) is 0. The van der Waals surface area contributed by atoms with E-state index in [0.29, 0.717) is 6.04 Å². The lowest BCUT2D eigenvalue weighted by Gasteiger charge is -2.17. The maximum atomic E-state index is 4.32. The van der Waals surface area contributed by atoms with Crippen molar-refractivity contribution in [2.24, 2.45) is 14.1 Å². The highest BCUT2D eigenvalue weighted by atomic mass is 15.3. The fourth-order valence-corrected chi connectivity index (χ4v) is 2.21. The average molecular weight is 247 g/mol. The van der Waals surface area contributed by atoms with Crippen molar-refractivity contribution in [2.45, 2.75) is 26.3 Å². The number of hydrogen-bond donors (Lipinski definition) is 1. The monoisotopic (exact) mass is 247 g/mol. The second kappa shape index (κ2) is 5.35. The van der Waals surface area contributed by atoms with Crippen molar-refractivity contribution in [3.05, 3.63) is 35.4 Å². The Morgan fingerprint density at radius 2 is 2.06 bits per heavy atom. The lowest BCUT2D eigenvalue weighted by molar-refractivity contribution is 0.545. The number of rotatable bonds is 5. The van der Waals surface area contributed by atoms with Crippen LogP contribution in [0.1, 0.15) is 29.8 Å². The highest BCUT2D eigenvalue weighted by molar-refractivity contribution is 5.23. The third kappa shape index (κ3) is 2.61. The third-order valence-corrected chi connectivity index (χ3v) is 3.30. The van der Waals surface area contributed by atoms with Crippen molar-refractivity contribution in [1.29, 1.82) is 0 Å². The van der Waals surface area contributed by atoms with E-state index in [2.05, 4.69) is 35.6 Å². The van der Waals surface area contributed by atoms with Gasteiger partial charge in [0.15, 0.2) is 0 Å². The van der Waals surface area contributed by atoms with E-state index in [4.69, 9.17) is 0 Å². The molecule has 2 heterocycles. The smallest absolute Gasteiger partial charge is 0.0540 e. The first kappa shape index (κ1) is 12.8. The predicted molar refractivity (Wildman–Crippen MR) is 71.3 cm³/mol. The van der Waals surface area contributed by atoms with Crippen LogP contribution in [-0.2, 0) is 20.5 Å². The van der Waals surface area contributed by atoms with Gasteiger partial charge in [-0.2, -0.15) is 10.2 Å². The SMILES string of the molecule is CCNC(Cc1cnn(C)c1)c1cnn(C)c1C. The first-order chi connectivity index (χ1) is 8.61. The molecule has 0 saturated carbocycles. The summed E-state index contributed by atoms with van der Waals surface area (Å²) in [5.41, 5.74) is 3.72. The lowest BCUT2D eigenvalue weighted by Crippen LogP contribution is -2.23. The molecule has 1 N–H and O–H groups in total. The van der Waals surface area contributed by atoms with Gasteiger partial charge in [0.2, 0.25) is 0 Å². The number of aromatic nitrogens is 4. The van der Waals surface area contributed by atoms with E-state index >= 15 is 0 Å². The molecule has 0 aromatic carbocycles. The quantitative estimate of drug-likeness (QED) is 0.867. The van der Waals surface area contributed by atoms with Gasteiger partial charge in [-0.15, -0.1) is 0 Å². The molecular formula is C13H21N5. The molecule has 18 heavy (non-hydrogen) atoms. The van der Waals surface area contributed by atoms with Gasteiger partial charge in [0.1, 0.15) is 0 Å². The Balaban J connectivity index is 2.20. The fourth-order valence-electron chi connectivity index (χ4n) is 2.21. The molecule has 2 aromatic heterocycles. The van der Waals surface area contributed by atoms with Gasteiger partial charge in [-0.05, 0) is 25.5 Å². The zero-order valence-electron chi connectivity index (χ0n) is 11.5. The summed E-state index contributed by atoms with van der Waals surface area (Å²) in [7, 11) is 3.92. The van der Waals surface area contributed by atoms with Gasteiger partial charge in [-0.25, -0.2) is 0 Å². The van der Waals surface area contributed by atoms with Gasteiger partial charge in [0, 0.05) is 37.6 Å². The Kier molecular flexibility index (Phi) is 3.81. The van der Waals surface area contributed by atoms with Gasteiger partial charge in [0.05, 0.1) is 12.4 Å². The second-order valence-corrected chi connectivity index (χ2v) is 4.65. The minimum Gasteiger partial charge on any atom is -0.310 e. The van der Waals surface area contributed by atoms with Crippen LogP contribution in [0.3, 0.4) is 0 Å². The van der Waals surface area contributed by atoms with Crippen molar-refractivity contribution in [3.8, 4) is 0 Å². The predicted octanol–water partition coefficient (Wildman–Crippen LogP) is 1.36. The number of hydrogen-bond acceptors (Lipinski definition) is 3. The van der Waals surface area contributed by atoms with Gasteiger partial charge >= 0.3 is 0 Å². The molecule has 0 saturated heterocycles. The zero-order chi connectivity index (χ0) is 13.1. The molecule has 1 unspecified atom stereocenters. The number of nitrogens with zero attached hydrogens (tertiary/aromatic N) is 4. The fraction of sp³-hybridized carbons (Fsp3) is 0.538. The van der Waals surface area contributed by atoms with Crippen LogP contribution < -0.4 is 5.32 Å². The molecule has 0 bridgehead atoms. The number of likely N-dealkylation sites (N-methyl/N-ethyl adjacent to an activating group) is 1. The van der Waals surface area contributed by atoms with E-state index in [0.717, 1.165) is 13.0 Å². The van der Waals surface area contributed by atoms with Crippen LogP contribution in [0.5, 0.6) is 0 Å². The second-order valence-electron chi connectivity index (χ2n) is 4.65. The van der Waals surface area contributed by atoms with Crippen LogP contribution in [0.15, 0.2) is 18.6 Å². The van der Waals surface area contributed by atoms with Gasteiger partial charge < -0.3 is 5.32 Å². The Bertz CT molecular complexity index is 511. The maximum Gasteiger partial charge on any atom is 0.0540 e. The average Bonchev–Trinajstić information content (AvgIpc) is 2.87. The number of nitrogens with one attached hydrogen (secondary N) is 1. The molecule has 98 valence electrons. The molecule has 1 atom stereocenters. The van der Waals surface area contributed by atoms with E-state index < -0.39 is 0 Å². The van der Waals surface area contributed by atoms with Crippen molar-refractivity contribution in [1.82, 2.24) is 24.9 Å². The molecular weight excluding hydrogens is 226 g/mol. The highest BCUT2D eigenvalue weighted by Gasteiger charge is 2.16. The molecule has 2 aromatic rings. The van der Waals surface area contributed by atoms with E-state index in [1.807, 2.05) is 35.9 Å². The standard InChI is InChI=1S/C13H21N5/c1-5-14-13(6-11-7-15-17(3)9-11)12-8-16-18(4)10(12)2/h7-9,13-14H,5-6H2,1-4H3. The van der Waals surface area contributed by atoms with Crippen LogP contribution in [0, 0.1) is 6.92 Å². The Labute approximate surface area is 108 Å². The molecule has 0 aliphatic rings. The Morgan fingerprint density at radius 3 is 2.56 bits per heavy atom. The van der Waals surface area contributed by atoms with Crippen LogP contribution in [0.25, 0.3) is 0 Å². The molecule has 5 heteroatoms. The van der Waals surface area contributed by atoms with Crippen molar-refractivity contribution >= 4 is 0 Å². The molecule has 0 radical (unpaired) electrons. The van der Waals surface area contributed by atoms with E-state index in [-0.39, 0.29) is 0 Å². The normalized spacial score (nSPS) is 12.9. The van der Waals surface area contributed by atoms with E-state index in [9.17, 15) is 0 Å². The maximum absolute atomic E-state index is 4.32. The first-order valence-corrected chi connectivity index (χ1v) is 6.31. The Morgan fingerprint density at radius 1 is 1.28 bits per heavy atom. The summed E-state index contributed by atoms with van der Waals surface area (Å²) in [4.78, 5) is 0. The van der Waals surface area contributed by atoms with Crippen LogP contribution in [-0.4, -0.2) is 26.1 Å². The topological polar surface area (TPSA) is 47.7 Å². The van der Waals surface area contributed by atoms with Crippen LogP contribution in [0.2, 0.25) is 0 Å². The van der Waals surface area contributed by atoms with E-state index in [1.54, 1.807) is 0 Å². The van der Waals surface area contributed by atoms with Gasteiger partial charge in [0.25, 0.3) is 0 Å². The summed E-state index contributed by atoms with van der Waals surface area (Å²) in [6.45, 7) is 5.18. The van der Waals surface area contributed by atoms with Crippen LogP contribution in [0.4, 0.5) is 0 Å². The zero-order valence-corrected chi connectivity index (χ0v) is 11.5. The highest BCUT2D eigenvalue weighted by Crippen LogP contribution is 2.20. The number of aryl methyl sites for hydroxylation is 2. The third-order valence-electron chi connectivity index (χ3n) is 3.30. The van der Waals surface area contributed by atoms with Crippen molar-refractivity contribution < 1.29 is 0 Å². The van der Waals surface area contributed by atoms with Crippen molar-refractivity contribution in [3.63, 3.8) is 0 Å². The molecule has 0 aliphatic heterocycles. The molecule has 0 spiro atoms. The summed E-state index contributed by atoms with van der Waals surface area (Å²) < 4.78 is 3.76. The van der Waals surface area contributed by atoms with E-state index in [1.165, 1.54) is 16.8 Å². The van der Waals surface area contributed by atoms with Gasteiger partial charge in [-0.3, -0.25) is 9.36 Å².